The standard InChI is InChI=1S/C72H118NO8P/c1-6-8-10-12-14-16-18-20-22-24-26-28-30-32-33-34-35-36-37-38-39-41-43-45-47-49-51-53-55-57-59-61-63-65-72(75)81-70(69-80-82(76,77)79-67-66-73(3,4)5)68-78-71(74)64-62-60-58-56-54-52-50-48-46-44-42-40-31-29-27-25-23-21-19-17-15-13-11-9-7-2/h8-11,14-17,20-23,26-29,32-33,35-36,38-40,42-43,45,70H,6-7,12-13,18-19,24-25,30-31,34,37,41,44,46-69H2,1-5H3/p+1/b10-8-,11-9-,16-14-,17-15-,22-20-,23-21-,28-26-,29-27-,33-32-,36-35-,39-38-,42-40-,45-43-. The van der Waals surface area contributed by atoms with Gasteiger partial charge in [-0.1, -0.05) is 255 Å². The van der Waals surface area contributed by atoms with Crippen LogP contribution < -0.4 is 0 Å². The number of rotatable bonds is 57. The van der Waals surface area contributed by atoms with Crippen LogP contribution in [0.3, 0.4) is 0 Å². The predicted molar refractivity (Wildman–Crippen MR) is 353 cm³/mol. The van der Waals surface area contributed by atoms with Crippen molar-refractivity contribution < 1.29 is 42.1 Å². The minimum absolute atomic E-state index is 0.0201. The first-order valence-electron chi connectivity index (χ1n) is 32.2. The van der Waals surface area contributed by atoms with Gasteiger partial charge < -0.3 is 18.9 Å². The Bertz CT molecular complexity index is 1940. The lowest BCUT2D eigenvalue weighted by Gasteiger charge is -2.24. The number of allylic oxidation sites excluding steroid dienone is 26. The highest BCUT2D eigenvalue weighted by Crippen LogP contribution is 2.43. The fourth-order valence-electron chi connectivity index (χ4n) is 8.18. The number of phosphoric ester groups is 1. The molecule has 0 saturated heterocycles. The summed E-state index contributed by atoms with van der Waals surface area (Å²) >= 11 is 0. The van der Waals surface area contributed by atoms with Crippen molar-refractivity contribution in [1.29, 1.82) is 0 Å². The molecule has 9 nitrogen and oxygen atoms in total. The smallest absolute Gasteiger partial charge is 0.462 e. The van der Waals surface area contributed by atoms with Gasteiger partial charge in [-0.05, 0) is 122 Å². The topological polar surface area (TPSA) is 108 Å². The molecule has 2 atom stereocenters. The lowest BCUT2D eigenvalue weighted by atomic mass is 10.1. The van der Waals surface area contributed by atoms with Gasteiger partial charge in [0.15, 0.2) is 6.10 Å². The Morgan fingerprint density at radius 3 is 0.976 bits per heavy atom. The van der Waals surface area contributed by atoms with Gasteiger partial charge in [-0.15, -0.1) is 0 Å². The summed E-state index contributed by atoms with van der Waals surface area (Å²) in [6.07, 6.45) is 91.7. The highest BCUT2D eigenvalue weighted by molar-refractivity contribution is 7.47. The predicted octanol–water partition coefficient (Wildman–Crippen LogP) is 20.8. The van der Waals surface area contributed by atoms with Crippen molar-refractivity contribution in [3.05, 3.63) is 158 Å². The van der Waals surface area contributed by atoms with Gasteiger partial charge in [0, 0.05) is 12.8 Å². The third-order valence-electron chi connectivity index (χ3n) is 13.1. The van der Waals surface area contributed by atoms with Crippen molar-refractivity contribution in [3.8, 4) is 0 Å². The van der Waals surface area contributed by atoms with Gasteiger partial charge in [-0.2, -0.15) is 0 Å². The Labute approximate surface area is 503 Å². The zero-order valence-corrected chi connectivity index (χ0v) is 53.6. The molecule has 464 valence electrons. The molecule has 0 rings (SSSR count). The third kappa shape index (κ3) is 64.8. The Morgan fingerprint density at radius 1 is 0.378 bits per heavy atom. The van der Waals surface area contributed by atoms with Gasteiger partial charge in [-0.3, -0.25) is 18.6 Å². The van der Waals surface area contributed by atoms with E-state index in [-0.39, 0.29) is 32.0 Å². The fraction of sp³-hybridized carbons (Fsp3) is 0.611. The van der Waals surface area contributed by atoms with Gasteiger partial charge in [-0.25, -0.2) is 4.57 Å². The van der Waals surface area contributed by atoms with Crippen LogP contribution in [0.25, 0.3) is 0 Å². The number of hydrogen-bond donors (Lipinski definition) is 1. The van der Waals surface area contributed by atoms with Gasteiger partial charge in [0.05, 0.1) is 27.7 Å². The van der Waals surface area contributed by atoms with E-state index >= 15 is 0 Å². The number of carbonyl (C=O) groups excluding carboxylic acids is 2. The molecule has 0 spiro atoms. The Morgan fingerprint density at radius 2 is 0.659 bits per heavy atom. The van der Waals surface area contributed by atoms with Crippen LogP contribution in [0.15, 0.2) is 158 Å². The van der Waals surface area contributed by atoms with E-state index < -0.39 is 26.5 Å². The van der Waals surface area contributed by atoms with Crippen LogP contribution in [-0.2, 0) is 32.7 Å². The van der Waals surface area contributed by atoms with Crippen LogP contribution in [-0.4, -0.2) is 74.9 Å². The highest BCUT2D eigenvalue weighted by atomic mass is 31.2. The van der Waals surface area contributed by atoms with E-state index in [1.165, 1.54) is 57.8 Å². The Balaban J connectivity index is 4.20. The second kappa shape index (κ2) is 61.2. The first-order valence-corrected chi connectivity index (χ1v) is 33.7. The molecular weight excluding hydrogens is 1040 g/mol. The lowest BCUT2D eigenvalue weighted by molar-refractivity contribution is -0.870. The fourth-order valence-corrected chi connectivity index (χ4v) is 8.92. The number of hydrogen-bond acceptors (Lipinski definition) is 7. The van der Waals surface area contributed by atoms with Crippen molar-refractivity contribution in [2.24, 2.45) is 0 Å². The van der Waals surface area contributed by atoms with Crippen molar-refractivity contribution in [1.82, 2.24) is 0 Å². The van der Waals surface area contributed by atoms with Gasteiger partial charge >= 0.3 is 19.8 Å². The van der Waals surface area contributed by atoms with Crippen molar-refractivity contribution >= 4 is 19.8 Å². The van der Waals surface area contributed by atoms with Crippen molar-refractivity contribution in [2.45, 2.75) is 238 Å². The molecule has 0 amide bonds. The van der Waals surface area contributed by atoms with Gasteiger partial charge in [0.25, 0.3) is 0 Å². The van der Waals surface area contributed by atoms with Gasteiger partial charge in [0.1, 0.15) is 19.8 Å². The van der Waals surface area contributed by atoms with Crippen molar-refractivity contribution in [2.75, 3.05) is 47.5 Å². The maximum atomic E-state index is 12.9. The lowest BCUT2D eigenvalue weighted by Crippen LogP contribution is -2.37. The summed E-state index contributed by atoms with van der Waals surface area (Å²) in [6.45, 7) is 4.17. The number of phosphoric acid groups is 1. The normalized spacial score (nSPS) is 14.3. The van der Waals surface area contributed by atoms with Gasteiger partial charge in [0.2, 0.25) is 0 Å². The number of esters is 2. The summed E-state index contributed by atoms with van der Waals surface area (Å²) in [5.41, 5.74) is 0. The maximum Gasteiger partial charge on any atom is 0.472 e. The molecule has 10 heteroatoms. The highest BCUT2D eigenvalue weighted by Gasteiger charge is 2.27. The summed E-state index contributed by atoms with van der Waals surface area (Å²) < 4.78 is 34.6. The molecule has 0 aliphatic rings. The average Bonchev–Trinajstić information content (AvgIpc) is 3.46. The van der Waals surface area contributed by atoms with Crippen LogP contribution in [0.4, 0.5) is 0 Å². The van der Waals surface area contributed by atoms with Crippen LogP contribution >= 0.6 is 7.82 Å². The molecule has 0 heterocycles. The van der Waals surface area contributed by atoms with E-state index in [0.29, 0.717) is 17.4 Å². The summed E-state index contributed by atoms with van der Waals surface area (Å²) in [6, 6.07) is 0. The largest absolute Gasteiger partial charge is 0.472 e. The number of unbranched alkanes of at least 4 members (excludes halogenated alkanes) is 17. The average molecular weight is 1160 g/mol. The van der Waals surface area contributed by atoms with Crippen LogP contribution in [0.1, 0.15) is 232 Å². The second-order valence-corrected chi connectivity index (χ2v) is 23.5. The first kappa shape index (κ1) is 77.6. The molecule has 2 unspecified atom stereocenters. The Kier molecular flexibility index (Phi) is 57.9. The Hall–Kier alpha value is -4.37. The third-order valence-corrected chi connectivity index (χ3v) is 14.0. The summed E-state index contributed by atoms with van der Waals surface area (Å²) in [5.74, 6) is -0.824. The number of ether oxygens (including phenoxy) is 2. The molecule has 0 aromatic carbocycles. The van der Waals surface area contributed by atoms with Crippen molar-refractivity contribution in [3.63, 3.8) is 0 Å². The summed E-state index contributed by atoms with van der Waals surface area (Å²) in [7, 11) is 1.45. The molecule has 0 aliphatic carbocycles. The quantitative estimate of drug-likeness (QED) is 0.0211. The van der Waals surface area contributed by atoms with E-state index in [0.717, 1.165) is 141 Å². The number of likely N-dealkylation sites (N-methyl/N-ethyl adjacent to an activating group) is 1. The monoisotopic (exact) mass is 1160 g/mol. The maximum absolute atomic E-state index is 12.9. The van der Waals surface area contributed by atoms with E-state index in [2.05, 4.69) is 172 Å². The van der Waals surface area contributed by atoms with E-state index in [1.54, 1.807) is 0 Å². The minimum atomic E-state index is -4.41. The summed E-state index contributed by atoms with van der Waals surface area (Å²) in [4.78, 5) is 35.8. The van der Waals surface area contributed by atoms with E-state index in [1.807, 2.05) is 21.1 Å². The molecule has 0 aromatic rings. The van der Waals surface area contributed by atoms with Crippen LogP contribution in [0.2, 0.25) is 0 Å². The number of quaternary nitrogens is 1. The molecule has 0 bridgehead atoms. The van der Waals surface area contributed by atoms with Crippen LogP contribution in [0, 0.1) is 0 Å². The summed E-state index contributed by atoms with van der Waals surface area (Å²) in [5, 5.41) is 0. The molecule has 0 radical (unpaired) electrons. The number of nitrogens with zero attached hydrogens (tertiary/aromatic N) is 1. The molecule has 0 aromatic heterocycles. The molecule has 82 heavy (non-hydrogen) atoms. The first-order chi connectivity index (χ1) is 40.0. The van der Waals surface area contributed by atoms with E-state index in [4.69, 9.17) is 18.5 Å². The zero-order chi connectivity index (χ0) is 59.8. The molecule has 0 fully saturated rings. The zero-order valence-electron chi connectivity index (χ0n) is 52.7. The minimum Gasteiger partial charge on any atom is -0.462 e. The number of carbonyl (C=O) groups is 2. The SMILES string of the molecule is CC/C=C\C/C=C\C/C=C\C/C=C\C/C=C\C/C=C\C/C=C\C/C=C\CCCCCCCCCCC(=O)OC(COC(=O)CCCCCCCCCCC/C=C\C/C=C\C/C=C\C/C=C\C/C=C\CC)COP(=O)(O)OCC[N+](C)(C)C. The van der Waals surface area contributed by atoms with Crippen LogP contribution in [0.5, 0.6) is 0 Å². The second-order valence-electron chi connectivity index (χ2n) is 22.0. The van der Waals surface area contributed by atoms with E-state index in [9.17, 15) is 19.0 Å². The molecule has 0 aliphatic heterocycles. The molecule has 1 N–H and O–H groups in total. The molecular formula is C72H119NO8P+. The molecule has 0 saturated carbocycles.